The van der Waals surface area contributed by atoms with Crippen molar-refractivity contribution in [1.82, 2.24) is 10.2 Å². The third kappa shape index (κ3) is 3.82. The summed E-state index contributed by atoms with van der Waals surface area (Å²) >= 11 is 0. The second kappa shape index (κ2) is 7.12. The van der Waals surface area contributed by atoms with Crippen molar-refractivity contribution in [1.29, 1.82) is 0 Å². The maximum Gasteiger partial charge on any atom is 0.338 e. The number of aromatic nitrogens is 2. The average molecular weight is 350 g/mol. The van der Waals surface area contributed by atoms with Gasteiger partial charge in [-0.1, -0.05) is 38.1 Å². The maximum absolute atomic E-state index is 12.5. The average Bonchev–Trinajstić information content (AvgIpc) is 3.16. The Morgan fingerprint density at radius 1 is 1.04 bits per heavy atom. The van der Waals surface area contributed by atoms with Crippen molar-refractivity contribution >= 4 is 5.97 Å². The molecule has 0 saturated heterocycles. The maximum atomic E-state index is 12.5. The molecule has 1 heterocycles. The number of rotatable bonds is 5. The van der Waals surface area contributed by atoms with E-state index in [1.165, 1.54) is 12.0 Å². The molecular formula is C21H22N2O3. The molecular weight excluding hydrogens is 328 g/mol. The first kappa shape index (κ1) is 17.9. The highest BCUT2D eigenvalue weighted by molar-refractivity contribution is 5.89. The Morgan fingerprint density at radius 3 is 2.23 bits per heavy atom. The number of esters is 1. The molecule has 2 aromatic carbocycles. The predicted octanol–water partition coefficient (Wildman–Crippen LogP) is 4.95. The van der Waals surface area contributed by atoms with E-state index in [0.29, 0.717) is 17.4 Å². The number of hydrogen-bond acceptors (Lipinski definition) is 5. The molecule has 0 N–H and O–H groups in total. The van der Waals surface area contributed by atoms with Gasteiger partial charge in [0.25, 0.3) is 0 Å². The number of carbonyl (C=O) groups excluding carboxylic acids is 1. The van der Waals surface area contributed by atoms with Crippen LogP contribution in [0.25, 0.3) is 11.5 Å². The van der Waals surface area contributed by atoms with Gasteiger partial charge in [-0.15, -0.1) is 10.2 Å². The highest BCUT2D eigenvalue weighted by atomic mass is 16.6. The Labute approximate surface area is 153 Å². The van der Waals surface area contributed by atoms with Crippen LogP contribution in [0.2, 0.25) is 0 Å². The summed E-state index contributed by atoms with van der Waals surface area (Å²) in [5.41, 5.74) is 2.68. The van der Waals surface area contributed by atoms with E-state index in [4.69, 9.17) is 9.15 Å². The fraction of sp³-hybridized carbons (Fsp3) is 0.286. The highest BCUT2D eigenvalue weighted by Crippen LogP contribution is 2.28. The third-order valence-electron chi connectivity index (χ3n) is 4.35. The first-order valence-corrected chi connectivity index (χ1v) is 8.57. The van der Waals surface area contributed by atoms with E-state index in [9.17, 15) is 4.79 Å². The molecule has 0 saturated carbocycles. The van der Waals surface area contributed by atoms with Crippen LogP contribution in [0.3, 0.4) is 0 Å². The SMILES string of the molecule is CC(C)c1ccc(C(=O)OC(C)(C)c2ccc(-c3nnco3)cc2)cc1. The number of benzene rings is 2. The highest BCUT2D eigenvalue weighted by Gasteiger charge is 2.26. The van der Waals surface area contributed by atoms with E-state index in [1.807, 2.05) is 62.4 Å². The van der Waals surface area contributed by atoms with Crippen molar-refractivity contribution in [3.8, 4) is 11.5 Å². The number of ether oxygens (including phenoxy) is 1. The van der Waals surface area contributed by atoms with Gasteiger partial charge in [0.2, 0.25) is 12.3 Å². The molecule has 0 aliphatic heterocycles. The second-order valence-electron chi connectivity index (χ2n) is 7.00. The monoisotopic (exact) mass is 350 g/mol. The van der Waals surface area contributed by atoms with E-state index >= 15 is 0 Å². The molecule has 0 unspecified atom stereocenters. The van der Waals surface area contributed by atoms with Crippen molar-refractivity contribution in [2.24, 2.45) is 0 Å². The molecule has 5 nitrogen and oxygen atoms in total. The van der Waals surface area contributed by atoms with Crippen LogP contribution in [0.4, 0.5) is 0 Å². The number of nitrogens with zero attached hydrogens (tertiary/aromatic N) is 2. The Kier molecular flexibility index (Phi) is 4.89. The Balaban J connectivity index is 1.74. The first-order chi connectivity index (χ1) is 12.4. The standard InChI is InChI=1S/C21H22N2O3/c1-14(2)15-5-7-17(8-6-15)20(24)26-21(3,4)18-11-9-16(10-12-18)19-23-22-13-25-19/h5-14H,1-4H3. The topological polar surface area (TPSA) is 65.2 Å². The minimum Gasteiger partial charge on any atom is -0.451 e. The van der Waals surface area contributed by atoms with Gasteiger partial charge >= 0.3 is 5.97 Å². The number of hydrogen-bond donors (Lipinski definition) is 0. The fourth-order valence-corrected chi connectivity index (χ4v) is 2.67. The summed E-state index contributed by atoms with van der Waals surface area (Å²) in [4.78, 5) is 12.5. The van der Waals surface area contributed by atoms with Crippen LogP contribution in [-0.4, -0.2) is 16.2 Å². The van der Waals surface area contributed by atoms with Crippen LogP contribution < -0.4 is 0 Å². The van der Waals surface area contributed by atoms with Gasteiger partial charge in [-0.3, -0.25) is 0 Å². The zero-order chi connectivity index (χ0) is 18.7. The van der Waals surface area contributed by atoms with Crippen LogP contribution in [0.5, 0.6) is 0 Å². The third-order valence-corrected chi connectivity index (χ3v) is 4.35. The molecule has 0 atom stereocenters. The van der Waals surface area contributed by atoms with Crippen LogP contribution in [0.1, 0.15) is 55.1 Å². The number of carbonyl (C=O) groups is 1. The van der Waals surface area contributed by atoms with Crippen molar-refractivity contribution < 1.29 is 13.9 Å². The van der Waals surface area contributed by atoms with Gasteiger partial charge in [-0.05, 0) is 55.2 Å². The molecule has 0 amide bonds. The molecule has 0 aliphatic rings. The smallest absolute Gasteiger partial charge is 0.338 e. The zero-order valence-electron chi connectivity index (χ0n) is 15.4. The summed E-state index contributed by atoms with van der Waals surface area (Å²) in [6, 6.07) is 15.1. The zero-order valence-corrected chi connectivity index (χ0v) is 15.4. The lowest BCUT2D eigenvalue weighted by Gasteiger charge is -2.26. The molecule has 0 bridgehead atoms. The van der Waals surface area contributed by atoms with E-state index in [1.54, 1.807) is 0 Å². The lowest BCUT2D eigenvalue weighted by atomic mass is 9.96. The summed E-state index contributed by atoms with van der Waals surface area (Å²) in [7, 11) is 0. The van der Waals surface area contributed by atoms with Gasteiger partial charge in [0.1, 0.15) is 5.60 Å². The molecule has 26 heavy (non-hydrogen) atoms. The predicted molar refractivity (Wildman–Crippen MR) is 98.7 cm³/mol. The van der Waals surface area contributed by atoms with Crippen molar-refractivity contribution in [3.05, 3.63) is 71.6 Å². The molecule has 5 heteroatoms. The molecule has 0 spiro atoms. The lowest BCUT2D eigenvalue weighted by Crippen LogP contribution is -2.25. The van der Waals surface area contributed by atoms with E-state index in [2.05, 4.69) is 24.0 Å². The van der Waals surface area contributed by atoms with E-state index in [-0.39, 0.29) is 5.97 Å². The van der Waals surface area contributed by atoms with Crippen molar-refractivity contribution in [2.75, 3.05) is 0 Å². The molecule has 0 radical (unpaired) electrons. The summed E-state index contributed by atoms with van der Waals surface area (Å²) in [6.45, 7) is 7.98. The van der Waals surface area contributed by atoms with E-state index in [0.717, 1.165) is 11.1 Å². The molecule has 3 rings (SSSR count). The second-order valence-corrected chi connectivity index (χ2v) is 7.00. The molecule has 3 aromatic rings. The van der Waals surface area contributed by atoms with Crippen LogP contribution >= 0.6 is 0 Å². The summed E-state index contributed by atoms with van der Waals surface area (Å²) < 4.78 is 10.9. The molecule has 0 aliphatic carbocycles. The van der Waals surface area contributed by atoms with Gasteiger partial charge in [-0.25, -0.2) is 4.79 Å². The van der Waals surface area contributed by atoms with Crippen LogP contribution in [0.15, 0.2) is 59.3 Å². The van der Waals surface area contributed by atoms with Crippen molar-refractivity contribution in [3.63, 3.8) is 0 Å². The fourth-order valence-electron chi connectivity index (χ4n) is 2.67. The van der Waals surface area contributed by atoms with Gasteiger partial charge < -0.3 is 9.15 Å². The van der Waals surface area contributed by atoms with Gasteiger partial charge in [0.05, 0.1) is 5.56 Å². The van der Waals surface area contributed by atoms with Crippen molar-refractivity contribution in [2.45, 2.75) is 39.2 Å². The minimum atomic E-state index is -0.763. The van der Waals surface area contributed by atoms with Crippen LogP contribution in [0, 0.1) is 0 Å². The quantitative estimate of drug-likeness (QED) is 0.609. The summed E-state index contributed by atoms with van der Waals surface area (Å²) in [5, 5.41) is 7.56. The van der Waals surface area contributed by atoms with Gasteiger partial charge in [0, 0.05) is 5.56 Å². The molecule has 1 aromatic heterocycles. The summed E-state index contributed by atoms with van der Waals surface area (Å²) in [6.07, 6.45) is 1.29. The Morgan fingerprint density at radius 2 is 1.69 bits per heavy atom. The Bertz CT molecular complexity index is 865. The molecule has 134 valence electrons. The normalized spacial score (nSPS) is 11.6. The van der Waals surface area contributed by atoms with Crippen LogP contribution in [-0.2, 0) is 10.3 Å². The largest absolute Gasteiger partial charge is 0.451 e. The first-order valence-electron chi connectivity index (χ1n) is 8.57. The van der Waals surface area contributed by atoms with Gasteiger partial charge in [0.15, 0.2) is 0 Å². The Hall–Kier alpha value is -2.95. The minimum absolute atomic E-state index is 0.341. The van der Waals surface area contributed by atoms with Gasteiger partial charge in [-0.2, -0.15) is 0 Å². The summed E-state index contributed by atoms with van der Waals surface area (Å²) in [5.74, 6) is 0.539. The van der Waals surface area contributed by atoms with E-state index < -0.39 is 5.60 Å². The lowest BCUT2D eigenvalue weighted by molar-refractivity contribution is -0.00312. The molecule has 0 fully saturated rings.